The zero-order chi connectivity index (χ0) is 45.0. The molecule has 6 aromatic rings. The van der Waals surface area contributed by atoms with Gasteiger partial charge in [0.15, 0.2) is 11.4 Å². The maximum absolute atomic E-state index is 13.4. The van der Waals surface area contributed by atoms with Gasteiger partial charge >= 0.3 is 11.7 Å². The first kappa shape index (κ1) is 44.0. The summed E-state index contributed by atoms with van der Waals surface area (Å²) in [5.41, 5.74) is 9.57. The summed E-state index contributed by atoms with van der Waals surface area (Å²) >= 11 is 0. The Morgan fingerprint density at radius 1 is 0.750 bits per heavy atom. The van der Waals surface area contributed by atoms with Crippen LogP contribution in [0.5, 0.6) is 11.5 Å². The number of nitro groups is 1. The topological polar surface area (TPSA) is 241 Å². The molecule has 18 nitrogen and oxygen atoms in total. The summed E-state index contributed by atoms with van der Waals surface area (Å²) in [4.78, 5) is 64.5. The number of H-pyrrole nitrogens is 1. The molecule has 0 spiro atoms. The minimum Gasteiger partial charge on any atom is -0.488 e. The van der Waals surface area contributed by atoms with Gasteiger partial charge in [-0.25, -0.2) is 4.79 Å². The third kappa shape index (κ3) is 11.3. The number of carbonyl (C=O) groups is 4. The molecule has 0 radical (unpaired) electrons. The van der Waals surface area contributed by atoms with E-state index in [-0.39, 0.29) is 59.9 Å². The Labute approximate surface area is 367 Å². The SMILES string of the molecule is Nc1ccccc1OC1CCN(C(=O)CNC(=O)c2cc(-c3ccccc3)n(CC(=O)N3CCC(Oc4ccccc4[N+](=O)[O-])CC3)n2)CC1.O=C(O)c1cc(-c2ccccc2)n[nH]1. The van der Waals surface area contributed by atoms with Crippen molar-refractivity contribution < 1.29 is 38.7 Å². The van der Waals surface area contributed by atoms with Gasteiger partial charge in [0.05, 0.1) is 28.5 Å². The van der Waals surface area contributed by atoms with Gasteiger partial charge in [-0.3, -0.25) is 34.3 Å². The molecule has 18 heteroatoms. The number of aromatic carboxylic acids is 1. The predicted octanol–water partition coefficient (Wildman–Crippen LogP) is 5.69. The fourth-order valence-electron chi connectivity index (χ4n) is 7.36. The molecule has 0 unspecified atom stereocenters. The number of carboxylic acid groups (broad SMARTS) is 1. The molecule has 0 aliphatic carbocycles. The molecule has 64 heavy (non-hydrogen) atoms. The molecule has 4 heterocycles. The smallest absolute Gasteiger partial charge is 0.353 e. The Kier molecular flexibility index (Phi) is 14.2. The largest absolute Gasteiger partial charge is 0.488 e. The van der Waals surface area contributed by atoms with Crippen LogP contribution in [0.2, 0.25) is 0 Å². The first-order valence-electron chi connectivity index (χ1n) is 20.7. The number of carbonyl (C=O) groups excluding carboxylic acids is 3. The fraction of sp³-hybridized carbons (Fsp3) is 0.261. The Morgan fingerprint density at radius 2 is 1.30 bits per heavy atom. The van der Waals surface area contributed by atoms with Crippen LogP contribution in [0.1, 0.15) is 46.7 Å². The van der Waals surface area contributed by atoms with E-state index in [0.717, 1.165) is 11.1 Å². The van der Waals surface area contributed by atoms with Crippen LogP contribution in [0, 0.1) is 10.1 Å². The van der Waals surface area contributed by atoms with E-state index in [4.69, 9.17) is 20.3 Å². The van der Waals surface area contributed by atoms with Gasteiger partial charge in [-0.1, -0.05) is 84.9 Å². The zero-order valence-corrected chi connectivity index (χ0v) is 34.7. The molecule has 0 saturated carbocycles. The number of ether oxygens (including phenoxy) is 2. The van der Waals surface area contributed by atoms with Crippen LogP contribution < -0.4 is 20.5 Å². The van der Waals surface area contributed by atoms with Crippen LogP contribution >= 0.6 is 0 Å². The third-order valence-corrected chi connectivity index (χ3v) is 10.8. The van der Waals surface area contributed by atoms with Crippen molar-refractivity contribution in [2.45, 2.75) is 44.4 Å². The number of likely N-dealkylation sites (tertiary alicyclic amines) is 2. The van der Waals surface area contributed by atoms with Crippen molar-refractivity contribution in [3.05, 3.63) is 143 Å². The molecule has 8 rings (SSSR count). The molecule has 4 aromatic carbocycles. The molecular formula is C46H47N9O9. The molecular weight excluding hydrogens is 823 g/mol. The molecule has 0 bridgehead atoms. The van der Waals surface area contributed by atoms with Gasteiger partial charge in [-0.15, -0.1) is 0 Å². The number of para-hydroxylation sites is 4. The molecule has 2 aliphatic heterocycles. The van der Waals surface area contributed by atoms with Crippen molar-refractivity contribution in [2.75, 3.05) is 38.5 Å². The Hall–Kier alpha value is -8.02. The average Bonchev–Trinajstić information content (AvgIpc) is 3.99. The van der Waals surface area contributed by atoms with Crippen LogP contribution in [0.3, 0.4) is 0 Å². The number of rotatable bonds is 13. The van der Waals surface area contributed by atoms with Gasteiger partial charge in [0.25, 0.3) is 5.91 Å². The van der Waals surface area contributed by atoms with Crippen molar-refractivity contribution in [1.82, 2.24) is 35.1 Å². The highest BCUT2D eigenvalue weighted by atomic mass is 16.6. The third-order valence-electron chi connectivity index (χ3n) is 10.8. The van der Waals surface area contributed by atoms with E-state index in [2.05, 4.69) is 20.6 Å². The number of nitrogens with zero attached hydrogens (tertiary/aromatic N) is 6. The van der Waals surface area contributed by atoms with E-state index in [9.17, 15) is 29.3 Å². The van der Waals surface area contributed by atoms with E-state index in [1.165, 1.54) is 16.8 Å². The number of anilines is 1. The molecule has 5 N–H and O–H groups in total. The van der Waals surface area contributed by atoms with Crippen molar-refractivity contribution in [1.29, 1.82) is 0 Å². The molecule has 2 aliphatic rings. The van der Waals surface area contributed by atoms with E-state index < -0.39 is 16.8 Å². The second-order valence-corrected chi connectivity index (χ2v) is 15.1. The summed E-state index contributed by atoms with van der Waals surface area (Å²) in [5.74, 6) is -1.06. The van der Waals surface area contributed by atoms with Gasteiger partial charge < -0.3 is 35.4 Å². The lowest BCUT2D eigenvalue weighted by Crippen LogP contribution is -2.46. The Morgan fingerprint density at radius 3 is 1.89 bits per heavy atom. The molecule has 2 fully saturated rings. The van der Waals surface area contributed by atoms with Gasteiger partial charge in [-0.05, 0) is 35.9 Å². The first-order chi connectivity index (χ1) is 31.0. The second kappa shape index (κ2) is 20.7. The van der Waals surface area contributed by atoms with Gasteiger partial charge in [0, 0.05) is 63.5 Å². The summed E-state index contributed by atoms with van der Waals surface area (Å²) in [5, 5.41) is 33.6. The van der Waals surface area contributed by atoms with Crippen LogP contribution in [-0.4, -0.2) is 108 Å². The monoisotopic (exact) mass is 869 g/mol. The number of nitro benzene ring substituents is 1. The fourth-order valence-corrected chi connectivity index (χ4v) is 7.36. The normalized spacial score (nSPS) is 14.2. The van der Waals surface area contributed by atoms with E-state index >= 15 is 0 Å². The number of piperidine rings is 2. The lowest BCUT2D eigenvalue weighted by atomic mass is 10.1. The number of hydrogen-bond acceptors (Lipinski definition) is 11. The maximum Gasteiger partial charge on any atom is 0.353 e. The van der Waals surface area contributed by atoms with Crippen LogP contribution in [-0.2, 0) is 16.1 Å². The molecule has 3 amide bonds. The number of aromatic nitrogens is 4. The molecule has 2 saturated heterocycles. The zero-order valence-electron chi connectivity index (χ0n) is 34.7. The number of aromatic amines is 1. The van der Waals surface area contributed by atoms with E-state index in [0.29, 0.717) is 74.7 Å². The van der Waals surface area contributed by atoms with E-state index in [1.807, 2.05) is 78.9 Å². The van der Waals surface area contributed by atoms with Crippen molar-refractivity contribution in [2.24, 2.45) is 0 Å². The highest BCUT2D eigenvalue weighted by molar-refractivity contribution is 5.96. The van der Waals surface area contributed by atoms with Gasteiger partial charge in [0.1, 0.15) is 30.2 Å². The standard InChI is InChI=1S/C36H39N7O7.C10H8N2O2/c37-28-10-4-6-12-32(28)49-26-14-18-40(19-15-26)34(44)23-38-36(46)29-22-31(25-8-2-1-3-9-25)42(39-29)24-35(45)41-20-16-27(17-21-41)50-33-13-7-5-11-30(33)43(47)48;13-10(14)9-6-8(11-12-9)7-4-2-1-3-5-7/h1-13,22,26-27H,14-21,23-24,37H2,(H,38,46);1-6H,(H,11,12)(H,13,14). The number of nitrogen functional groups attached to an aromatic ring is 1. The lowest BCUT2D eigenvalue weighted by Gasteiger charge is -2.32. The van der Waals surface area contributed by atoms with Crippen LogP contribution in [0.4, 0.5) is 11.4 Å². The first-order valence-corrected chi connectivity index (χ1v) is 20.7. The summed E-state index contributed by atoms with van der Waals surface area (Å²) in [6.07, 6.45) is 1.99. The quantitative estimate of drug-likeness (QED) is 0.0622. The predicted molar refractivity (Wildman–Crippen MR) is 235 cm³/mol. The number of benzene rings is 4. The minimum absolute atomic E-state index is 0.0561. The van der Waals surface area contributed by atoms with E-state index in [1.54, 1.807) is 40.1 Å². The van der Waals surface area contributed by atoms with Crippen molar-refractivity contribution in [3.8, 4) is 34.0 Å². The number of carboxylic acids is 1. The average molecular weight is 870 g/mol. The summed E-state index contributed by atoms with van der Waals surface area (Å²) in [6.45, 7) is 1.52. The minimum atomic E-state index is -1.00. The van der Waals surface area contributed by atoms with Crippen molar-refractivity contribution in [3.63, 3.8) is 0 Å². The maximum atomic E-state index is 13.4. The highest BCUT2D eigenvalue weighted by Gasteiger charge is 2.28. The molecule has 0 atom stereocenters. The highest BCUT2D eigenvalue weighted by Crippen LogP contribution is 2.30. The molecule has 2 aromatic heterocycles. The summed E-state index contributed by atoms with van der Waals surface area (Å²) < 4.78 is 13.5. The van der Waals surface area contributed by atoms with Gasteiger partial charge in [-0.2, -0.15) is 10.2 Å². The molecule has 330 valence electrons. The number of hydrogen-bond donors (Lipinski definition) is 4. The summed E-state index contributed by atoms with van der Waals surface area (Å²) in [6, 6.07) is 35.4. The summed E-state index contributed by atoms with van der Waals surface area (Å²) in [7, 11) is 0. The number of nitrogens with two attached hydrogens (primary N) is 1. The second-order valence-electron chi connectivity index (χ2n) is 15.1. The Balaban J connectivity index is 0.000000370. The number of amides is 3. The van der Waals surface area contributed by atoms with Crippen LogP contribution in [0.15, 0.2) is 121 Å². The van der Waals surface area contributed by atoms with Gasteiger partial charge in [0.2, 0.25) is 11.8 Å². The lowest BCUT2D eigenvalue weighted by molar-refractivity contribution is -0.386. The van der Waals surface area contributed by atoms with Crippen LogP contribution in [0.25, 0.3) is 22.5 Å². The number of nitrogens with one attached hydrogen (secondary N) is 2. The van der Waals surface area contributed by atoms with Crippen molar-refractivity contribution >= 4 is 35.1 Å². The Bertz CT molecular complexity index is 2570.